The molecule has 1 aliphatic carbocycles. The van der Waals surface area contributed by atoms with E-state index in [0.717, 1.165) is 36.7 Å². The second-order valence-electron chi connectivity index (χ2n) is 5.04. The molecule has 0 saturated heterocycles. The van der Waals surface area contributed by atoms with Crippen molar-refractivity contribution in [2.45, 2.75) is 43.9 Å². The zero-order valence-electron chi connectivity index (χ0n) is 10.9. The summed E-state index contributed by atoms with van der Waals surface area (Å²) in [5.41, 5.74) is 0. The fraction of sp³-hybridized carbons (Fsp3) is 0.692. The van der Waals surface area contributed by atoms with Gasteiger partial charge in [0.1, 0.15) is 0 Å². The maximum atomic E-state index is 12.2. The van der Waals surface area contributed by atoms with Crippen molar-refractivity contribution in [1.82, 2.24) is 5.32 Å². The molecule has 0 bridgehead atoms. The largest absolute Gasteiger partial charge is 0.311 e. The van der Waals surface area contributed by atoms with Crippen molar-refractivity contribution < 1.29 is 8.42 Å². The molecule has 0 radical (unpaired) electrons. The van der Waals surface area contributed by atoms with Crippen LogP contribution in [0, 0.1) is 0 Å². The molecule has 0 aromatic carbocycles. The normalized spacial score (nSPS) is 17.7. The van der Waals surface area contributed by atoms with Crippen molar-refractivity contribution in [2.24, 2.45) is 0 Å². The monoisotopic (exact) mass is 365 g/mol. The van der Waals surface area contributed by atoms with Crippen LogP contribution in [-0.2, 0) is 16.4 Å². The van der Waals surface area contributed by atoms with Crippen LogP contribution in [0.25, 0.3) is 0 Å². The Balaban J connectivity index is 1.72. The molecule has 2 rings (SSSR count). The first-order valence-electron chi connectivity index (χ1n) is 6.73. The summed E-state index contributed by atoms with van der Waals surface area (Å²) in [5, 5.41) is 5.17. The van der Waals surface area contributed by atoms with Crippen LogP contribution in [-0.4, -0.2) is 26.0 Å². The van der Waals surface area contributed by atoms with Gasteiger partial charge in [0, 0.05) is 27.8 Å². The standard InChI is InChI=1S/C13H20BrNO2S2/c14-11-8-12(18-10-11)9-15-6-7-19(16,17)13-4-2-1-3-5-13/h8,10,13,15H,1-7,9H2. The molecule has 0 aliphatic heterocycles. The highest BCUT2D eigenvalue weighted by atomic mass is 79.9. The number of hydrogen-bond donors (Lipinski definition) is 1. The zero-order valence-corrected chi connectivity index (χ0v) is 14.1. The van der Waals surface area contributed by atoms with Gasteiger partial charge in [0.05, 0.1) is 11.0 Å². The molecule has 19 heavy (non-hydrogen) atoms. The van der Waals surface area contributed by atoms with Crippen molar-refractivity contribution in [3.8, 4) is 0 Å². The van der Waals surface area contributed by atoms with Gasteiger partial charge in [0.15, 0.2) is 9.84 Å². The quantitative estimate of drug-likeness (QED) is 0.786. The van der Waals surface area contributed by atoms with E-state index in [9.17, 15) is 8.42 Å². The molecule has 0 unspecified atom stereocenters. The predicted molar refractivity (Wildman–Crippen MR) is 84.4 cm³/mol. The van der Waals surface area contributed by atoms with Crippen LogP contribution in [0.4, 0.5) is 0 Å². The third kappa shape index (κ3) is 4.85. The zero-order chi connectivity index (χ0) is 13.7. The van der Waals surface area contributed by atoms with Gasteiger partial charge >= 0.3 is 0 Å². The second-order valence-corrected chi connectivity index (χ2v) is 9.35. The summed E-state index contributed by atoms with van der Waals surface area (Å²) >= 11 is 5.09. The number of sulfone groups is 1. The Labute approximate surface area is 127 Å². The average Bonchev–Trinajstić information content (AvgIpc) is 2.82. The van der Waals surface area contributed by atoms with Crippen molar-refractivity contribution in [2.75, 3.05) is 12.3 Å². The van der Waals surface area contributed by atoms with Crippen LogP contribution < -0.4 is 5.32 Å². The summed E-state index contributed by atoms with van der Waals surface area (Å²) in [6.07, 6.45) is 5.05. The Morgan fingerprint density at radius 2 is 2.05 bits per heavy atom. The fourth-order valence-electron chi connectivity index (χ4n) is 2.46. The molecule has 0 spiro atoms. The lowest BCUT2D eigenvalue weighted by molar-refractivity contribution is 0.482. The van der Waals surface area contributed by atoms with Gasteiger partial charge in [-0.05, 0) is 34.8 Å². The molecule has 1 aromatic rings. The highest BCUT2D eigenvalue weighted by Crippen LogP contribution is 2.24. The predicted octanol–water partition coefficient (Wildman–Crippen LogP) is 3.35. The van der Waals surface area contributed by atoms with Crippen LogP contribution in [0.1, 0.15) is 37.0 Å². The van der Waals surface area contributed by atoms with Gasteiger partial charge < -0.3 is 5.32 Å². The minimum atomic E-state index is -2.90. The molecule has 6 heteroatoms. The summed E-state index contributed by atoms with van der Waals surface area (Å²) in [7, 11) is -2.90. The Bertz CT molecular complexity index is 492. The summed E-state index contributed by atoms with van der Waals surface area (Å²) in [4.78, 5) is 1.22. The molecule has 0 amide bonds. The summed E-state index contributed by atoms with van der Waals surface area (Å²) in [5.74, 6) is 0.268. The first-order chi connectivity index (χ1) is 9.08. The molecule has 1 fully saturated rings. The summed E-state index contributed by atoms with van der Waals surface area (Å²) < 4.78 is 25.4. The van der Waals surface area contributed by atoms with Crippen LogP contribution in [0.2, 0.25) is 0 Å². The average molecular weight is 366 g/mol. The number of nitrogens with one attached hydrogen (secondary N) is 1. The van der Waals surface area contributed by atoms with E-state index in [0.29, 0.717) is 6.54 Å². The van der Waals surface area contributed by atoms with Gasteiger partial charge in [-0.3, -0.25) is 0 Å². The maximum absolute atomic E-state index is 12.2. The van der Waals surface area contributed by atoms with E-state index in [1.54, 1.807) is 11.3 Å². The number of hydrogen-bond acceptors (Lipinski definition) is 4. The van der Waals surface area contributed by atoms with Crippen molar-refractivity contribution >= 4 is 37.1 Å². The molecule has 1 N–H and O–H groups in total. The highest BCUT2D eigenvalue weighted by molar-refractivity contribution is 9.10. The lowest BCUT2D eigenvalue weighted by Gasteiger charge is -2.21. The van der Waals surface area contributed by atoms with E-state index in [1.807, 2.05) is 5.38 Å². The Morgan fingerprint density at radius 3 is 2.68 bits per heavy atom. The van der Waals surface area contributed by atoms with Crippen LogP contribution in [0.5, 0.6) is 0 Å². The summed E-state index contributed by atoms with van der Waals surface area (Å²) in [6, 6.07) is 2.06. The fourth-order valence-corrected chi connectivity index (χ4v) is 5.70. The van der Waals surface area contributed by atoms with E-state index in [2.05, 4.69) is 27.3 Å². The molecule has 0 atom stereocenters. The first-order valence-corrected chi connectivity index (χ1v) is 10.1. The molecule has 1 aromatic heterocycles. The minimum absolute atomic E-state index is 0.0843. The topological polar surface area (TPSA) is 46.2 Å². The van der Waals surface area contributed by atoms with Gasteiger partial charge in [0.25, 0.3) is 0 Å². The molecular weight excluding hydrogens is 346 g/mol. The van der Waals surface area contributed by atoms with Gasteiger partial charge in [-0.25, -0.2) is 8.42 Å². The lowest BCUT2D eigenvalue weighted by atomic mass is 10.0. The van der Waals surface area contributed by atoms with Crippen molar-refractivity contribution in [3.05, 3.63) is 20.8 Å². The Hall–Kier alpha value is 0.0900. The minimum Gasteiger partial charge on any atom is -0.311 e. The van der Waals surface area contributed by atoms with Crippen molar-refractivity contribution in [1.29, 1.82) is 0 Å². The van der Waals surface area contributed by atoms with E-state index >= 15 is 0 Å². The van der Waals surface area contributed by atoms with Crippen LogP contribution in [0.3, 0.4) is 0 Å². The van der Waals surface area contributed by atoms with Crippen molar-refractivity contribution in [3.63, 3.8) is 0 Å². The maximum Gasteiger partial charge on any atom is 0.154 e. The molecule has 1 saturated carbocycles. The third-order valence-electron chi connectivity index (χ3n) is 3.54. The molecule has 1 aliphatic rings. The highest BCUT2D eigenvalue weighted by Gasteiger charge is 2.26. The van der Waals surface area contributed by atoms with E-state index in [4.69, 9.17) is 0 Å². The van der Waals surface area contributed by atoms with E-state index in [1.165, 1.54) is 11.3 Å². The van der Waals surface area contributed by atoms with Gasteiger partial charge in [-0.1, -0.05) is 19.3 Å². The number of halogens is 1. The van der Waals surface area contributed by atoms with Gasteiger partial charge in [0.2, 0.25) is 0 Å². The second kappa shape index (κ2) is 7.20. The van der Waals surface area contributed by atoms with E-state index < -0.39 is 9.84 Å². The van der Waals surface area contributed by atoms with Crippen LogP contribution >= 0.6 is 27.3 Å². The number of rotatable bonds is 6. The molecule has 1 heterocycles. The third-order valence-corrected chi connectivity index (χ3v) is 7.50. The first kappa shape index (κ1) is 15.5. The summed E-state index contributed by atoms with van der Waals surface area (Å²) in [6.45, 7) is 1.30. The van der Waals surface area contributed by atoms with E-state index in [-0.39, 0.29) is 11.0 Å². The SMILES string of the molecule is O=S(=O)(CCNCc1cc(Br)cs1)C1CCCCC1. The lowest BCUT2D eigenvalue weighted by Crippen LogP contribution is -2.31. The molecule has 108 valence electrons. The van der Waals surface area contributed by atoms with Gasteiger partial charge in [-0.15, -0.1) is 11.3 Å². The Kier molecular flexibility index (Phi) is 5.87. The molecular formula is C13H20BrNO2S2. The van der Waals surface area contributed by atoms with Crippen LogP contribution in [0.15, 0.2) is 15.9 Å². The van der Waals surface area contributed by atoms with Gasteiger partial charge in [-0.2, -0.15) is 0 Å². The smallest absolute Gasteiger partial charge is 0.154 e. The molecule has 3 nitrogen and oxygen atoms in total. The Morgan fingerprint density at radius 1 is 1.32 bits per heavy atom. The number of thiophene rings is 1.